The molecule has 0 spiro atoms. The maximum absolute atomic E-state index is 12.7. The van der Waals surface area contributed by atoms with E-state index in [0.29, 0.717) is 43.9 Å². The highest BCUT2D eigenvalue weighted by molar-refractivity contribution is 7.89. The van der Waals surface area contributed by atoms with Crippen molar-refractivity contribution in [2.75, 3.05) is 26.2 Å². The van der Waals surface area contributed by atoms with Crippen LogP contribution in [0.15, 0.2) is 11.0 Å². The Morgan fingerprint density at radius 1 is 1.29 bits per heavy atom. The molecule has 1 atom stereocenters. The van der Waals surface area contributed by atoms with Gasteiger partial charge in [0.2, 0.25) is 15.9 Å². The van der Waals surface area contributed by atoms with Gasteiger partial charge in [-0.1, -0.05) is 0 Å². The van der Waals surface area contributed by atoms with E-state index in [-0.39, 0.29) is 24.4 Å². The van der Waals surface area contributed by atoms with Crippen LogP contribution in [-0.4, -0.2) is 55.8 Å². The van der Waals surface area contributed by atoms with Crippen LogP contribution in [0.2, 0.25) is 0 Å². The van der Waals surface area contributed by atoms with Crippen molar-refractivity contribution >= 4 is 39.7 Å². The second-order valence-electron chi connectivity index (χ2n) is 6.08. The zero-order valence-electron chi connectivity index (χ0n) is 14.3. The fourth-order valence-corrected chi connectivity index (χ4v) is 5.64. The first-order valence-corrected chi connectivity index (χ1v) is 10.1. The molecule has 138 valence electrons. The molecule has 0 saturated carbocycles. The van der Waals surface area contributed by atoms with E-state index in [1.54, 1.807) is 11.0 Å². The molecule has 2 N–H and O–H groups in total. The van der Waals surface area contributed by atoms with E-state index in [1.165, 1.54) is 15.6 Å². The summed E-state index contributed by atoms with van der Waals surface area (Å²) in [4.78, 5) is 16.0. The summed E-state index contributed by atoms with van der Waals surface area (Å²) in [5, 5.41) is 0. The summed E-state index contributed by atoms with van der Waals surface area (Å²) in [7, 11) is -3.46. The van der Waals surface area contributed by atoms with E-state index in [1.807, 2.05) is 20.8 Å². The monoisotopic (exact) mass is 395 g/mol. The second kappa shape index (κ2) is 8.62. The van der Waals surface area contributed by atoms with Gasteiger partial charge < -0.3 is 10.6 Å². The molecule has 1 fully saturated rings. The zero-order chi connectivity index (χ0) is 17.2. The van der Waals surface area contributed by atoms with Gasteiger partial charge in [0, 0.05) is 48.4 Å². The molecule has 1 saturated heterocycles. The van der Waals surface area contributed by atoms with Crippen molar-refractivity contribution in [3.63, 3.8) is 0 Å². The summed E-state index contributed by atoms with van der Waals surface area (Å²) in [6.45, 7) is 7.20. The lowest BCUT2D eigenvalue weighted by atomic mass is 10.2. The Kier molecular flexibility index (Phi) is 7.68. The van der Waals surface area contributed by atoms with Gasteiger partial charge in [-0.3, -0.25) is 4.79 Å². The first kappa shape index (κ1) is 21.4. The van der Waals surface area contributed by atoms with Crippen molar-refractivity contribution in [3.05, 3.63) is 15.8 Å². The Morgan fingerprint density at radius 2 is 1.88 bits per heavy atom. The topological polar surface area (TPSA) is 83.7 Å². The molecule has 1 amide bonds. The van der Waals surface area contributed by atoms with E-state index >= 15 is 0 Å². The Balaban J connectivity index is 0.00000288. The van der Waals surface area contributed by atoms with Gasteiger partial charge in [0.1, 0.15) is 0 Å². The average molecular weight is 396 g/mol. The van der Waals surface area contributed by atoms with Crippen LogP contribution >= 0.6 is 23.7 Å². The van der Waals surface area contributed by atoms with Crippen LogP contribution in [0.4, 0.5) is 0 Å². The highest BCUT2D eigenvalue weighted by atomic mass is 35.5. The molecule has 1 aromatic heterocycles. The third kappa shape index (κ3) is 4.92. The Hall–Kier alpha value is -0.670. The van der Waals surface area contributed by atoms with Crippen LogP contribution in [0.1, 0.15) is 29.5 Å². The molecule has 6 nitrogen and oxygen atoms in total. The van der Waals surface area contributed by atoms with Gasteiger partial charge in [0.05, 0.1) is 4.90 Å². The highest BCUT2D eigenvalue weighted by Crippen LogP contribution is 2.28. The standard InChI is InChI=1S/C15H25N3O3S2.ClH/c1-11(16)4-5-15(19)17-6-8-18(9-7-17)23(20,21)14-10-12(2)22-13(14)3;/h10-11H,4-9,16H2,1-3H3;1H. The van der Waals surface area contributed by atoms with E-state index < -0.39 is 10.0 Å². The zero-order valence-corrected chi connectivity index (χ0v) is 16.8. The second-order valence-corrected chi connectivity index (χ2v) is 9.45. The molecule has 9 heteroatoms. The molecule has 2 heterocycles. The van der Waals surface area contributed by atoms with Crippen molar-refractivity contribution < 1.29 is 13.2 Å². The van der Waals surface area contributed by atoms with Crippen LogP contribution in [-0.2, 0) is 14.8 Å². The fourth-order valence-electron chi connectivity index (χ4n) is 2.69. The SMILES string of the molecule is Cc1cc(S(=O)(=O)N2CCN(C(=O)CCC(C)N)CC2)c(C)s1.Cl. The van der Waals surface area contributed by atoms with E-state index in [4.69, 9.17) is 5.73 Å². The summed E-state index contributed by atoms with van der Waals surface area (Å²) in [5.41, 5.74) is 5.67. The number of carbonyl (C=O) groups excluding carboxylic acids is 1. The predicted octanol–water partition coefficient (Wildman–Crippen LogP) is 1.75. The molecule has 1 unspecified atom stereocenters. The average Bonchev–Trinajstić information content (AvgIpc) is 2.84. The number of hydrogen-bond acceptors (Lipinski definition) is 5. The Morgan fingerprint density at radius 3 is 2.33 bits per heavy atom. The summed E-state index contributed by atoms with van der Waals surface area (Å²) in [6.07, 6.45) is 1.08. The summed E-state index contributed by atoms with van der Waals surface area (Å²) in [6, 6.07) is 1.74. The first-order valence-electron chi connectivity index (χ1n) is 7.82. The minimum Gasteiger partial charge on any atom is -0.340 e. The molecular formula is C15H26ClN3O3S2. The molecule has 0 bridgehead atoms. The van der Waals surface area contributed by atoms with E-state index in [9.17, 15) is 13.2 Å². The number of nitrogens with two attached hydrogens (primary N) is 1. The normalized spacial score (nSPS) is 17.4. The van der Waals surface area contributed by atoms with Crippen LogP contribution in [0.25, 0.3) is 0 Å². The van der Waals surface area contributed by atoms with Gasteiger partial charge in [0.15, 0.2) is 0 Å². The minimum absolute atomic E-state index is 0. The number of sulfonamides is 1. The quantitative estimate of drug-likeness (QED) is 0.823. The van der Waals surface area contributed by atoms with Crippen LogP contribution in [0.3, 0.4) is 0 Å². The van der Waals surface area contributed by atoms with Crippen molar-refractivity contribution in [3.8, 4) is 0 Å². The van der Waals surface area contributed by atoms with Crippen molar-refractivity contribution in [2.45, 2.75) is 44.6 Å². The summed E-state index contributed by atoms with van der Waals surface area (Å²) < 4.78 is 26.9. The maximum atomic E-state index is 12.7. The molecule has 0 radical (unpaired) electrons. The number of hydrogen-bond donors (Lipinski definition) is 1. The van der Waals surface area contributed by atoms with Gasteiger partial charge >= 0.3 is 0 Å². The minimum atomic E-state index is -3.46. The van der Waals surface area contributed by atoms with Crippen LogP contribution in [0.5, 0.6) is 0 Å². The number of thiophene rings is 1. The number of aryl methyl sites for hydroxylation is 2. The van der Waals surface area contributed by atoms with Gasteiger partial charge in [-0.2, -0.15) is 4.31 Å². The van der Waals surface area contributed by atoms with Gasteiger partial charge in [-0.25, -0.2) is 8.42 Å². The number of halogens is 1. The lowest BCUT2D eigenvalue weighted by Crippen LogP contribution is -2.50. The number of carbonyl (C=O) groups is 1. The van der Waals surface area contributed by atoms with Crippen LogP contribution in [0, 0.1) is 13.8 Å². The van der Waals surface area contributed by atoms with E-state index in [0.717, 1.165) is 9.75 Å². The smallest absolute Gasteiger partial charge is 0.244 e. The molecule has 0 aromatic carbocycles. The molecule has 2 rings (SSSR count). The third-order valence-electron chi connectivity index (χ3n) is 4.02. The lowest BCUT2D eigenvalue weighted by Gasteiger charge is -2.34. The molecule has 1 aliphatic rings. The maximum Gasteiger partial charge on any atom is 0.244 e. The largest absolute Gasteiger partial charge is 0.340 e. The van der Waals surface area contributed by atoms with E-state index in [2.05, 4.69) is 0 Å². The lowest BCUT2D eigenvalue weighted by molar-refractivity contribution is -0.132. The Labute approximate surface area is 154 Å². The van der Waals surface area contributed by atoms with Gasteiger partial charge in [-0.05, 0) is 33.3 Å². The number of nitrogens with zero attached hydrogens (tertiary/aromatic N) is 2. The Bertz CT molecular complexity index is 666. The number of piperazine rings is 1. The third-order valence-corrected chi connectivity index (χ3v) is 7.14. The molecule has 0 aliphatic carbocycles. The van der Waals surface area contributed by atoms with Crippen molar-refractivity contribution in [1.29, 1.82) is 0 Å². The highest BCUT2D eigenvalue weighted by Gasteiger charge is 2.31. The first-order chi connectivity index (χ1) is 10.7. The fraction of sp³-hybridized carbons (Fsp3) is 0.667. The molecular weight excluding hydrogens is 370 g/mol. The van der Waals surface area contributed by atoms with Crippen molar-refractivity contribution in [2.24, 2.45) is 5.73 Å². The molecule has 1 aliphatic heterocycles. The van der Waals surface area contributed by atoms with Gasteiger partial charge in [-0.15, -0.1) is 23.7 Å². The summed E-state index contributed by atoms with van der Waals surface area (Å²) >= 11 is 1.49. The predicted molar refractivity (Wildman–Crippen MR) is 99.3 cm³/mol. The van der Waals surface area contributed by atoms with Gasteiger partial charge in [0.25, 0.3) is 0 Å². The van der Waals surface area contributed by atoms with Crippen LogP contribution < -0.4 is 5.73 Å². The molecule has 1 aromatic rings. The van der Waals surface area contributed by atoms with Crippen molar-refractivity contribution in [1.82, 2.24) is 9.21 Å². The molecule has 24 heavy (non-hydrogen) atoms. The number of amides is 1. The number of rotatable bonds is 5. The summed E-state index contributed by atoms with van der Waals surface area (Å²) in [5.74, 6) is 0.0573.